The van der Waals surface area contributed by atoms with Gasteiger partial charge in [0.25, 0.3) is 0 Å². The van der Waals surface area contributed by atoms with Crippen LogP contribution in [0.4, 0.5) is 0 Å². The fourth-order valence-electron chi connectivity index (χ4n) is 10.9. The van der Waals surface area contributed by atoms with Gasteiger partial charge < -0.3 is 9.13 Å². The standard InChI is InChI=1S/C57H31N7/c58-28-40-56(63-43-24-26-61-54-38-22-12-13-23-39(38)55-53(52(43)54)44(63)25-27-62-55)48(34-16-6-2-7-17-34)47(33-14-4-1-5-15-33)49(35-18-8-3-9-19-35)57(40)64-45-31-59-29-41-36-20-10-11-21-37(36)42-30-60-32-46(64)51(42)50(41)45/h1-27,29-32H. The monoisotopic (exact) mass is 813 g/mol. The highest BCUT2D eigenvalue weighted by atomic mass is 15.0. The summed E-state index contributed by atoms with van der Waals surface area (Å²) in [7, 11) is 0. The van der Waals surface area contributed by atoms with Crippen LogP contribution >= 0.6 is 0 Å². The molecule has 0 atom stereocenters. The van der Waals surface area contributed by atoms with Gasteiger partial charge in [-0.05, 0) is 39.6 Å². The number of hydrogen-bond acceptors (Lipinski definition) is 5. The fraction of sp³-hybridized carbons (Fsp3) is 0. The number of aromatic nitrogens is 6. The Bertz CT molecular complexity index is 3820. The van der Waals surface area contributed by atoms with Crippen LogP contribution in [0.5, 0.6) is 0 Å². The van der Waals surface area contributed by atoms with Crippen LogP contribution < -0.4 is 0 Å². The van der Waals surface area contributed by atoms with Crippen LogP contribution in [0.1, 0.15) is 5.56 Å². The van der Waals surface area contributed by atoms with E-state index in [1.807, 2.05) is 49.3 Å². The van der Waals surface area contributed by atoms with Crippen LogP contribution in [0.25, 0.3) is 132 Å². The summed E-state index contributed by atoms with van der Waals surface area (Å²) in [6.45, 7) is 0. The summed E-state index contributed by atoms with van der Waals surface area (Å²) in [4.78, 5) is 20.0. The molecule has 6 aromatic heterocycles. The Morgan fingerprint density at radius 3 is 1.19 bits per heavy atom. The zero-order valence-corrected chi connectivity index (χ0v) is 34.0. The van der Waals surface area contributed by atoms with E-state index in [4.69, 9.17) is 19.9 Å². The molecular formula is C57H31N7. The summed E-state index contributed by atoms with van der Waals surface area (Å²) in [5.41, 5.74) is 13.4. The number of nitrogens with zero attached hydrogens (tertiary/aromatic N) is 7. The molecule has 0 radical (unpaired) electrons. The molecule has 0 bridgehead atoms. The second kappa shape index (κ2) is 13.0. The summed E-state index contributed by atoms with van der Waals surface area (Å²) >= 11 is 0. The van der Waals surface area contributed by atoms with Gasteiger partial charge in [-0.1, -0.05) is 140 Å². The van der Waals surface area contributed by atoms with Gasteiger partial charge in [0.2, 0.25) is 0 Å². The highest BCUT2D eigenvalue weighted by Crippen LogP contribution is 2.54. The minimum Gasteiger partial charge on any atom is -0.307 e. The van der Waals surface area contributed by atoms with Crippen molar-refractivity contribution < 1.29 is 0 Å². The molecule has 8 aromatic carbocycles. The number of hydrogen-bond donors (Lipinski definition) is 0. The van der Waals surface area contributed by atoms with Crippen molar-refractivity contribution >= 4 is 87.0 Å². The van der Waals surface area contributed by atoms with Gasteiger partial charge >= 0.3 is 0 Å². The Balaban J connectivity index is 1.30. The van der Waals surface area contributed by atoms with Gasteiger partial charge in [0.1, 0.15) is 11.6 Å². The average Bonchev–Trinajstić information content (AvgIpc) is 3.89. The first-order valence-electron chi connectivity index (χ1n) is 21.3. The maximum absolute atomic E-state index is 12.3. The highest BCUT2D eigenvalue weighted by Gasteiger charge is 2.33. The van der Waals surface area contributed by atoms with Crippen LogP contribution in [0.3, 0.4) is 0 Å². The van der Waals surface area contributed by atoms with E-state index in [9.17, 15) is 5.26 Å². The molecule has 7 nitrogen and oxygen atoms in total. The predicted octanol–water partition coefficient (Wildman–Crippen LogP) is 13.8. The largest absolute Gasteiger partial charge is 0.307 e. The molecule has 0 unspecified atom stereocenters. The third-order valence-electron chi connectivity index (χ3n) is 13.3. The van der Waals surface area contributed by atoms with E-state index >= 15 is 0 Å². The first-order valence-corrected chi connectivity index (χ1v) is 21.3. The minimum absolute atomic E-state index is 0.510. The molecule has 0 aliphatic heterocycles. The van der Waals surface area contributed by atoms with Crippen molar-refractivity contribution in [2.75, 3.05) is 0 Å². The van der Waals surface area contributed by atoms with Gasteiger partial charge in [0, 0.05) is 84.6 Å². The van der Waals surface area contributed by atoms with E-state index in [0.29, 0.717) is 5.56 Å². The Morgan fingerprint density at radius 2 is 0.750 bits per heavy atom. The lowest BCUT2D eigenvalue weighted by atomic mass is 9.82. The maximum Gasteiger partial charge on any atom is 0.104 e. The van der Waals surface area contributed by atoms with Crippen molar-refractivity contribution in [1.29, 1.82) is 5.26 Å². The summed E-state index contributed by atoms with van der Waals surface area (Å²) in [5.74, 6) is 0. The summed E-state index contributed by atoms with van der Waals surface area (Å²) in [6, 6.07) is 55.6. The Labute approximate surface area is 365 Å². The number of fused-ring (bicyclic) bond motifs is 6. The van der Waals surface area contributed by atoms with Crippen molar-refractivity contribution in [3.63, 3.8) is 0 Å². The smallest absolute Gasteiger partial charge is 0.104 e. The maximum atomic E-state index is 12.3. The molecule has 6 heterocycles. The molecule has 0 fully saturated rings. The van der Waals surface area contributed by atoms with E-state index in [0.717, 1.165) is 132 Å². The summed E-state index contributed by atoms with van der Waals surface area (Å²) < 4.78 is 4.59. The molecule has 0 spiro atoms. The predicted molar refractivity (Wildman–Crippen MR) is 260 cm³/mol. The second-order valence-corrected chi connectivity index (χ2v) is 16.4. The van der Waals surface area contributed by atoms with Gasteiger partial charge in [-0.15, -0.1) is 0 Å². The molecule has 64 heavy (non-hydrogen) atoms. The number of rotatable bonds is 5. The molecule has 0 saturated carbocycles. The molecule has 0 aliphatic rings. The molecule has 0 amide bonds. The Kier molecular flexibility index (Phi) is 7.05. The van der Waals surface area contributed by atoms with Crippen LogP contribution in [0, 0.1) is 11.3 Å². The Hall–Kier alpha value is -8.99. The summed E-state index contributed by atoms with van der Waals surface area (Å²) in [5, 5.41) is 22.9. The van der Waals surface area contributed by atoms with Gasteiger partial charge in [0.15, 0.2) is 0 Å². The molecule has 0 aliphatic carbocycles. The highest BCUT2D eigenvalue weighted by molar-refractivity contribution is 6.35. The molecule has 14 rings (SSSR count). The first-order chi connectivity index (χ1) is 31.8. The Morgan fingerprint density at radius 1 is 0.359 bits per heavy atom. The van der Waals surface area contributed by atoms with Gasteiger partial charge in [0.05, 0.1) is 56.9 Å². The van der Waals surface area contributed by atoms with Crippen molar-refractivity contribution in [3.8, 4) is 50.8 Å². The number of pyridine rings is 4. The van der Waals surface area contributed by atoms with Gasteiger partial charge in [-0.25, -0.2) is 0 Å². The zero-order chi connectivity index (χ0) is 42.0. The van der Waals surface area contributed by atoms with Crippen LogP contribution in [0.15, 0.2) is 189 Å². The van der Waals surface area contributed by atoms with Crippen LogP contribution in [0.2, 0.25) is 0 Å². The van der Waals surface area contributed by atoms with Crippen LogP contribution in [-0.4, -0.2) is 29.1 Å². The topological polar surface area (TPSA) is 85.2 Å². The molecule has 294 valence electrons. The van der Waals surface area contributed by atoms with Crippen LogP contribution in [-0.2, 0) is 0 Å². The van der Waals surface area contributed by atoms with Crippen molar-refractivity contribution in [2.45, 2.75) is 0 Å². The van der Waals surface area contributed by atoms with E-state index in [1.165, 1.54) is 0 Å². The minimum atomic E-state index is 0.510. The normalized spacial score (nSPS) is 12.0. The average molecular weight is 814 g/mol. The molecule has 14 aromatic rings. The molecule has 7 heteroatoms. The first kappa shape index (κ1) is 34.7. The zero-order valence-electron chi connectivity index (χ0n) is 34.0. The second-order valence-electron chi connectivity index (χ2n) is 16.4. The van der Waals surface area contributed by atoms with E-state index < -0.39 is 0 Å². The molecule has 0 N–H and O–H groups in total. The number of benzene rings is 8. The molecular weight excluding hydrogens is 783 g/mol. The fourth-order valence-corrected chi connectivity index (χ4v) is 10.9. The van der Waals surface area contributed by atoms with E-state index in [1.54, 1.807) is 0 Å². The van der Waals surface area contributed by atoms with Crippen molar-refractivity contribution in [3.05, 3.63) is 194 Å². The third kappa shape index (κ3) is 4.47. The van der Waals surface area contributed by atoms with E-state index in [2.05, 4.69) is 155 Å². The third-order valence-corrected chi connectivity index (χ3v) is 13.3. The van der Waals surface area contributed by atoms with Crippen molar-refractivity contribution in [1.82, 2.24) is 29.1 Å². The number of nitriles is 1. The molecule has 0 saturated heterocycles. The SMILES string of the molecule is N#Cc1c(-n2c3cncc4c5ccccc5c5cncc2c5c43)c(-c2ccccc2)c(-c2ccccc2)c(-c2ccccc2)c1-n1c2ccnc3c4ccccc4c4nccc1c4c32. The lowest BCUT2D eigenvalue weighted by molar-refractivity contribution is 1.11. The quantitative estimate of drug-likeness (QED) is 0.162. The van der Waals surface area contributed by atoms with Crippen molar-refractivity contribution in [2.24, 2.45) is 0 Å². The van der Waals surface area contributed by atoms with Gasteiger partial charge in [-0.2, -0.15) is 5.26 Å². The lowest BCUT2D eigenvalue weighted by Crippen LogP contribution is -2.11. The summed E-state index contributed by atoms with van der Waals surface area (Å²) in [6.07, 6.45) is 11.7. The lowest BCUT2D eigenvalue weighted by Gasteiger charge is -2.27. The van der Waals surface area contributed by atoms with Gasteiger partial charge in [-0.3, -0.25) is 19.9 Å². The van der Waals surface area contributed by atoms with E-state index in [-0.39, 0.29) is 0 Å².